The van der Waals surface area contributed by atoms with Gasteiger partial charge in [-0.3, -0.25) is 15.2 Å². The minimum atomic E-state index is -0.101. The maximum Gasteiger partial charge on any atom is 0.221 e. The van der Waals surface area contributed by atoms with E-state index in [1.54, 1.807) is 7.11 Å². The first-order chi connectivity index (χ1) is 21.2. The lowest BCUT2D eigenvalue weighted by Crippen LogP contribution is -2.30. The van der Waals surface area contributed by atoms with Gasteiger partial charge in [-0.1, -0.05) is 70.4 Å². The lowest BCUT2D eigenvalue weighted by atomic mass is 9.81. The average Bonchev–Trinajstić information content (AvgIpc) is 3.33. The summed E-state index contributed by atoms with van der Waals surface area (Å²) in [5, 5.41) is 1.33. The van der Waals surface area contributed by atoms with Crippen LogP contribution in [0.25, 0.3) is 33.3 Å². The Labute approximate surface area is 264 Å². The van der Waals surface area contributed by atoms with Crippen LogP contribution in [0.2, 0.25) is 0 Å². The molecule has 4 aromatic rings. The van der Waals surface area contributed by atoms with Crippen molar-refractivity contribution in [1.82, 2.24) is 20.4 Å². The van der Waals surface area contributed by atoms with Gasteiger partial charge >= 0.3 is 0 Å². The number of hydrogen-bond donors (Lipinski definition) is 2. The van der Waals surface area contributed by atoms with Gasteiger partial charge in [-0.25, -0.2) is 5.43 Å². The number of methoxy groups -OCH3 is 1. The average molecular weight is 597 g/mol. The molecule has 2 N–H and O–H groups in total. The van der Waals surface area contributed by atoms with E-state index in [0.717, 1.165) is 62.9 Å². The van der Waals surface area contributed by atoms with Crippen molar-refractivity contribution in [2.24, 2.45) is 5.41 Å². The molecule has 2 heterocycles. The third-order valence-corrected chi connectivity index (χ3v) is 9.08. The van der Waals surface area contributed by atoms with Gasteiger partial charge in [0.25, 0.3) is 0 Å². The first-order valence-electron chi connectivity index (χ1n) is 16.4. The molecule has 6 heteroatoms. The topological polar surface area (TPSA) is 68.2 Å². The van der Waals surface area contributed by atoms with Gasteiger partial charge in [0.05, 0.1) is 17.5 Å². The molecule has 44 heavy (non-hydrogen) atoms. The van der Waals surface area contributed by atoms with E-state index in [-0.39, 0.29) is 11.5 Å². The second kappa shape index (κ2) is 15.5. The molecule has 0 saturated heterocycles. The first-order valence-corrected chi connectivity index (χ1v) is 16.4. The van der Waals surface area contributed by atoms with Crippen molar-refractivity contribution in [3.05, 3.63) is 77.1 Å². The molecule has 0 bridgehead atoms. The first kappa shape index (κ1) is 33.4. The molecule has 0 aliphatic carbocycles. The van der Waals surface area contributed by atoms with Gasteiger partial charge in [0.15, 0.2) is 0 Å². The standard InChI is InChI=1S/C38H52N4O2/c1-8-38(5,6)24-34-32-23-31(30-17-14-16-29(22-30)15-12-10-11-13-20-40-41-26-43)18-19-35(32)42(9-2)37(34)33-21-27(3)25-39-36(33)28(4)44-7/h14,16-19,21-23,25-26,28,40H,8-13,15,20,24H2,1-7H3,(H,41,43). The predicted molar refractivity (Wildman–Crippen MR) is 184 cm³/mol. The number of ether oxygens (including phenoxy) is 1. The number of aryl methyl sites for hydroxylation is 3. The zero-order chi connectivity index (χ0) is 31.7. The number of carbonyl (C=O) groups excluding carboxylic acids is 1. The van der Waals surface area contributed by atoms with Gasteiger partial charge in [0, 0.05) is 42.9 Å². The number of hydrogen-bond acceptors (Lipinski definition) is 4. The number of fused-ring (bicyclic) bond motifs is 1. The highest BCUT2D eigenvalue weighted by Gasteiger charge is 2.27. The molecular weight excluding hydrogens is 544 g/mol. The van der Waals surface area contributed by atoms with E-state index in [1.807, 2.05) is 6.20 Å². The van der Waals surface area contributed by atoms with Gasteiger partial charge in [-0.2, -0.15) is 0 Å². The fourth-order valence-electron chi connectivity index (χ4n) is 6.14. The van der Waals surface area contributed by atoms with Crippen molar-refractivity contribution in [2.45, 2.75) is 99.1 Å². The van der Waals surface area contributed by atoms with E-state index in [9.17, 15) is 4.79 Å². The van der Waals surface area contributed by atoms with Crippen LogP contribution in [0.3, 0.4) is 0 Å². The van der Waals surface area contributed by atoms with Crippen LogP contribution in [0.4, 0.5) is 0 Å². The molecule has 2 aromatic heterocycles. The Morgan fingerprint density at radius 2 is 1.80 bits per heavy atom. The molecule has 6 nitrogen and oxygen atoms in total. The molecule has 1 atom stereocenters. The van der Waals surface area contributed by atoms with E-state index in [2.05, 4.69) is 105 Å². The number of unbranched alkanes of at least 4 members (excludes halogenated alkanes) is 3. The molecule has 2 aromatic carbocycles. The number of hydrazine groups is 1. The molecule has 0 fully saturated rings. The summed E-state index contributed by atoms with van der Waals surface area (Å²) in [7, 11) is 1.76. The van der Waals surface area contributed by atoms with Crippen molar-refractivity contribution in [3.8, 4) is 22.4 Å². The lowest BCUT2D eigenvalue weighted by Gasteiger charge is -2.24. The minimum Gasteiger partial charge on any atom is -0.375 e. The number of pyridine rings is 1. The van der Waals surface area contributed by atoms with Crippen LogP contribution in [0.5, 0.6) is 0 Å². The Morgan fingerprint density at radius 3 is 2.52 bits per heavy atom. The Morgan fingerprint density at radius 1 is 1.02 bits per heavy atom. The highest BCUT2D eigenvalue weighted by atomic mass is 16.5. The molecule has 0 aliphatic rings. The van der Waals surface area contributed by atoms with Crippen LogP contribution in [-0.2, 0) is 28.9 Å². The smallest absolute Gasteiger partial charge is 0.221 e. The van der Waals surface area contributed by atoms with Crippen LogP contribution in [0.1, 0.15) is 95.2 Å². The highest BCUT2D eigenvalue weighted by Crippen LogP contribution is 2.42. The summed E-state index contributed by atoms with van der Waals surface area (Å²) in [5.41, 5.74) is 16.8. The van der Waals surface area contributed by atoms with E-state index < -0.39 is 0 Å². The van der Waals surface area contributed by atoms with Crippen molar-refractivity contribution < 1.29 is 9.53 Å². The number of aromatic nitrogens is 2. The SMILES string of the molecule is CCn1c(-c2cc(C)cnc2C(C)OC)c(CC(C)(C)CC)c2cc(-c3cccc(CCCCCCNNC=O)c3)ccc21. The number of amides is 1. The number of carbonyl (C=O) groups is 1. The molecule has 4 rings (SSSR count). The van der Waals surface area contributed by atoms with E-state index in [0.29, 0.717) is 6.41 Å². The Balaban J connectivity index is 1.73. The van der Waals surface area contributed by atoms with Crippen LogP contribution < -0.4 is 10.9 Å². The van der Waals surface area contributed by atoms with Crippen molar-refractivity contribution in [1.29, 1.82) is 0 Å². The van der Waals surface area contributed by atoms with Crippen molar-refractivity contribution >= 4 is 17.3 Å². The van der Waals surface area contributed by atoms with Crippen LogP contribution in [-0.4, -0.2) is 29.6 Å². The monoisotopic (exact) mass is 596 g/mol. The quantitative estimate of drug-likeness (QED) is 0.0727. The molecular formula is C38H52N4O2. The van der Waals surface area contributed by atoms with E-state index in [4.69, 9.17) is 9.72 Å². The Hall–Kier alpha value is -3.48. The van der Waals surface area contributed by atoms with E-state index >= 15 is 0 Å². The lowest BCUT2D eigenvalue weighted by molar-refractivity contribution is -0.110. The zero-order valence-electron chi connectivity index (χ0n) is 27.9. The van der Waals surface area contributed by atoms with Crippen LogP contribution in [0.15, 0.2) is 54.7 Å². The van der Waals surface area contributed by atoms with Gasteiger partial charge in [-0.05, 0) is 97.9 Å². The summed E-state index contributed by atoms with van der Waals surface area (Å²) in [4.78, 5) is 15.2. The zero-order valence-corrected chi connectivity index (χ0v) is 27.9. The van der Waals surface area contributed by atoms with Gasteiger partial charge in [-0.15, -0.1) is 0 Å². The fraction of sp³-hybridized carbons (Fsp3) is 0.474. The van der Waals surface area contributed by atoms with Crippen LogP contribution in [0, 0.1) is 12.3 Å². The maximum absolute atomic E-state index is 10.3. The van der Waals surface area contributed by atoms with Crippen molar-refractivity contribution in [3.63, 3.8) is 0 Å². The Kier molecular flexibility index (Phi) is 11.8. The third kappa shape index (κ3) is 7.96. The molecule has 0 aliphatic heterocycles. The van der Waals surface area contributed by atoms with Gasteiger partial charge in [0.2, 0.25) is 6.41 Å². The summed E-state index contributed by atoms with van der Waals surface area (Å²) >= 11 is 0. The molecule has 1 unspecified atom stereocenters. The molecule has 0 radical (unpaired) electrons. The highest BCUT2D eigenvalue weighted by molar-refractivity contribution is 5.95. The third-order valence-electron chi connectivity index (χ3n) is 9.08. The van der Waals surface area contributed by atoms with Crippen LogP contribution >= 0.6 is 0 Å². The second-order valence-corrected chi connectivity index (χ2v) is 12.9. The Bertz CT molecular complexity index is 1540. The summed E-state index contributed by atoms with van der Waals surface area (Å²) in [6.45, 7) is 15.2. The summed E-state index contributed by atoms with van der Waals surface area (Å²) < 4.78 is 8.30. The van der Waals surface area contributed by atoms with Crippen molar-refractivity contribution in [2.75, 3.05) is 13.7 Å². The van der Waals surface area contributed by atoms with Gasteiger partial charge < -0.3 is 9.30 Å². The van der Waals surface area contributed by atoms with E-state index in [1.165, 1.54) is 50.8 Å². The number of nitrogens with zero attached hydrogens (tertiary/aromatic N) is 2. The largest absolute Gasteiger partial charge is 0.375 e. The molecule has 1 amide bonds. The predicted octanol–water partition coefficient (Wildman–Crippen LogP) is 8.74. The molecule has 236 valence electrons. The normalized spacial score (nSPS) is 12.5. The number of nitrogens with one attached hydrogen (secondary N) is 2. The maximum atomic E-state index is 10.3. The number of benzene rings is 2. The summed E-state index contributed by atoms with van der Waals surface area (Å²) in [6.07, 6.45) is 10.2. The second-order valence-electron chi connectivity index (χ2n) is 12.9. The summed E-state index contributed by atoms with van der Waals surface area (Å²) in [5.74, 6) is 0. The minimum absolute atomic E-state index is 0.101. The molecule has 0 saturated carbocycles. The number of rotatable bonds is 17. The van der Waals surface area contributed by atoms with Gasteiger partial charge in [0.1, 0.15) is 0 Å². The molecule has 0 spiro atoms. The fourth-order valence-corrected chi connectivity index (χ4v) is 6.14. The summed E-state index contributed by atoms with van der Waals surface area (Å²) in [6, 6.07) is 18.4.